The molecule has 5 heteroatoms. The number of ether oxygens (including phenoxy) is 1. The topological polar surface area (TPSA) is 63.7 Å². The Labute approximate surface area is 75.0 Å². The van der Waals surface area contributed by atoms with Gasteiger partial charge in [0.25, 0.3) is 5.91 Å². The highest BCUT2D eigenvalue weighted by Gasteiger charge is 2.26. The number of imide groups is 1. The number of ketones is 1. The van der Waals surface area contributed by atoms with Crippen LogP contribution in [0.2, 0.25) is 0 Å². The van der Waals surface area contributed by atoms with Crippen LogP contribution in [0, 0.1) is 0 Å². The van der Waals surface area contributed by atoms with Crippen LogP contribution >= 0.6 is 0 Å². The number of allylic oxidation sites excluding steroid dienone is 1. The van der Waals surface area contributed by atoms with Gasteiger partial charge in [-0.2, -0.15) is 0 Å². The Hall–Kier alpha value is -1.65. The van der Waals surface area contributed by atoms with Crippen LogP contribution in [0.15, 0.2) is 12.2 Å². The van der Waals surface area contributed by atoms with Crippen LogP contribution in [0.4, 0.5) is 4.79 Å². The van der Waals surface area contributed by atoms with E-state index in [0.717, 1.165) is 17.1 Å². The van der Waals surface area contributed by atoms with Crippen LogP contribution in [0.1, 0.15) is 6.92 Å². The second-order valence-corrected chi connectivity index (χ2v) is 2.55. The first-order chi connectivity index (χ1) is 6.11. The van der Waals surface area contributed by atoms with Crippen LogP contribution < -0.4 is 0 Å². The summed E-state index contributed by atoms with van der Waals surface area (Å²) in [7, 11) is 0. The summed E-state index contributed by atoms with van der Waals surface area (Å²) in [6, 6.07) is 0. The second kappa shape index (κ2) is 3.84. The standard InChI is InChI=1S/C8H9NO4/c1-6(10)2-3-7(11)9-4-5-13-8(9)12/h2-3H,4-5H2,1H3/b3-2+. The first-order valence-electron chi connectivity index (χ1n) is 3.78. The Balaban J connectivity index is 2.57. The molecule has 13 heavy (non-hydrogen) atoms. The average Bonchev–Trinajstić information content (AvgIpc) is 2.47. The van der Waals surface area contributed by atoms with Crippen LogP contribution in [-0.2, 0) is 14.3 Å². The van der Waals surface area contributed by atoms with Crippen molar-refractivity contribution in [1.82, 2.24) is 4.90 Å². The summed E-state index contributed by atoms with van der Waals surface area (Å²) in [4.78, 5) is 33.4. The van der Waals surface area contributed by atoms with E-state index in [2.05, 4.69) is 4.74 Å². The quantitative estimate of drug-likeness (QED) is 0.570. The first-order valence-corrected chi connectivity index (χ1v) is 3.78. The van der Waals surface area contributed by atoms with Crippen molar-refractivity contribution in [3.8, 4) is 0 Å². The van der Waals surface area contributed by atoms with Crippen molar-refractivity contribution in [2.75, 3.05) is 13.2 Å². The minimum Gasteiger partial charge on any atom is -0.447 e. The number of cyclic esters (lactones) is 1. The molecule has 1 heterocycles. The molecule has 1 fully saturated rings. The van der Waals surface area contributed by atoms with Crippen molar-refractivity contribution >= 4 is 17.8 Å². The Morgan fingerprint density at radius 3 is 2.62 bits per heavy atom. The van der Waals surface area contributed by atoms with E-state index >= 15 is 0 Å². The number of nitrogens with zero attached hydrogens (tertiary/aromatic N) is 1. The highest BCUT2D eigenvalue weighted by atomic mass is 16.6. The largest absolute Gasteiger partial charge is 0.447 e. The van der Waals surface area contributed by atoms with Crippen LogP contribution in [0.5, 0.6) is 0 Å². The first kappa shape index (κ1) is 9.44. The molecular weight excluding hydrogens is 174 g/mol. The zero-order valence-electron chi connectivity index (χ0n) is 7.15. The average molecular weight is 183 g/mol. The predicted molar refractivity (Wildman–Crippen MR) is 42.9 cm³/mol. The summed E-state index contributed by atoms with van der Waals surface area (Å²) in [5, 5.41) is 0. The van der Waals surface area contributed by atoms with Crippen molar-refractivity contribution < 1.29 is 19.1 Å². The molecule has 0 spiro atoms. The van der Waals surface area contributed by atoms with Gasteiger partial charge in [0.05, 0.1) is 6.54 Å². The van der Waals surface area contributed by atoms with Gasteiger partial charge in [0.2, 0.25) is 0 Å². The highest BCUT2D eigenvalue weighted by molar-refractivity contribution is 6.02. The zero-order valence-corrected chi connectivity index (χ0v) is 7.15. The van der Waals surface area contributed by atoms with Gasteiger partial charge in [-0.15, -0.1) is 0 Å². The number of amides is 2. The lowest BCUT2D eigenvalue weighted by atomic mass is 10.3. The molecule has 70 valence electrons. The fourth-order valence-corrected chi connectivity index (χ4v) is 0.872. The fourth-order valence-electron chi connectivity index (χ4n) is 0.872. The van der Waals surface area contributed by atoms with E-state index in [1.807, 2.05) is 0 Å². The Kier molecular flexibility index (Phi) is 2.79. The van der Waals surface area contributed by atoms with Gasteiger partial charge in [-0.3, -0.25) is 9.59 Å². The monoisotopic (exact) mass is 183 g/mol. The Morgan fingerprint density at radius 1 is 1.46 bits per heavy atom. The third-order valence-corrected chi connectivity index (χ3v) is 1.49. The number of hydrogen-bond donors (Lipinski definition) is 0. The number of hydrogen-bond acceptors (Lipinski definition) is 4. The summed E-state index contributed by atoms with van der Waals surface area (Å²) in [6.45, 7) is 1.80. The van der Waals surface area contributed by atoms with Gasteiger partial charge in [0.15, 0.2) is 5.78 Å². The van der Waals surface area contributed by atoms with Gasteiger partial charge in [-0.05, 0) is 13.0 Å². The molecule has 1 saturated heterocycles. The van der Waals surface area contributed by atoms with Crippen LogP contribution in [0.25, 0.3) is 0 Å². The summed E-state index contributed by atoms with van der Waals surface area (Å²) >= 11 is 0. The predicted octanol–water partition coefficient (Wildman–Crippen LogP) is 0.110. The molecule has 0 N–H and O–H groups in total. The third-order valence-electron chi connectivity index (χ3n) is 1.49. The molecule has 0 radical (unpaired) electrons. The SMILES string of the molecule is CC(=O)/C=C/C(=O)N1CCOC1=O. The molecule has 0 atom stereocenters. The van der Waals surface area contributed by atoms with Gasteiger partial charge in [-0.1, -0.05) is 0 Å². The molecule has 0 aliphatic carbocycles. The van der Waals surface area contributed by atoms with Gasteiger partial charge in [0, 0.05) is 6.08 Å². The molecule has 0 aromatic rings. The van der Waals surface area contributed by atoms with Crippen molar-refractivity contribution in [2.24, 2.45) is 0 Å². The number of carbonyl (C=O) groups is 3. The highest BCUT2D eigenvalue weighted by Crippen LogP contribution is 2.03. The molecule has 0 aromatic carbocycles. The minimum absolute atomic E-state index is 0.221. The second-order valence-electron chi connectivity index (χ2n) is 2.55. The summed E-state index contributed by atoms with van der Waals surface area (Å²) in [5.41, 5.74) is 0. The Morgan fingerprint density at radius 2 is 2.15 bits per heavy atom. The zero-order chi connectivity index (χ0) is 9.84. The molecule has 2 amide bonds. The maximum atomic E-state index is 11.1. The number of rotatable bonds is 2. The minimum atomic E-state index is -0.654. The van der Waals surface area contributed by atoms with Crippen LogP contribution in [0.3, 0.4) is 0 Å². The maximum absolute atomic E-state index is 11.1. The van der Waals surface area contributed by atoms with E-state index < -0.39 is 12.0 Å². The molecule has 1 aliphatic rings. The molecule has 1 aliphatic heterocycles. The molecule has 0 saturated carbocycles. The number of carbonyl (C=O) groups excluding carboxylic acids is 3. The van der Waals surface area contributed by atoms with E-state index in [4.69, 9.17) is 0 Å². The lowest BCUT2D eigenvalue weighted by Gasteiger charge is -2.05. The van der Waals surface area contributed by atoms with E-state index in [1.165, 1.54) is 6.92 Å². The molecule has 0 unspecified atom stereocenters. The molecular formula is C8H9NO4. The lowest BCUT2D eigenvalue weighted by Crippen LogP contribution is -2.30. The molecule has 0 bridgehead atoms. The fraction of sp³-hybridized carbons (Fsp3) is 0.375. The molecule has 1 rings (SSSR count). The smallest absolute Gasteiger partial charge is 0.416 e. The van der Waals surface area contributed by atoms with Gasteiger partial charge >= 0.3 is 6.09 Å². The van der Waals surface area contributed by atoms with Crippen molar-refractivity contribution in [3.05, 3.63) is 12.2 Å². The van der Waals surface area contributed by atoms with E-state index in [1.54, 1.807) is 0 Å². The lowest BCUT2D eigenvalue weighted by molar-refractivity contribution is -0.123. The maximum Gasteiger partial charge on any atom is 0.416 e. The van der Waals surface area contributed by atoms with Crippen molar-refractivity contribution in [3.63, 3.8) is 0 Å². The van der Waals surface area contributed by atoms with E-state index in [-0.39, 0.29) is 18.9 Å². The van der Waals surface area contributed by atoms with Crippen molar-refractivity contribution in [2.45, 2.75) is 6.92 Å². The van der Waals surface area contributed by atoms with Crippen LogP contribution in [-0.4, -0.2) is 35.8 Å². The van der Waals surface area contributed by atoms with E-state index in [9.17, 15) is 14.4 Å². The molecule has 5 nitrogen and oxygen atoms in total. The normalized spacial score (nSPS) is 16.4. The van der Waals surface area contributed by atoms with Gasteiger partial charge < -0.3 is 4.74 Å². The summed E-state index contributed by atoms with van der Waals surface area (Å²) in [5.74, 6) is -0.751. The summed E-state index contributed by atoms with van der Waals surface area (Å²) < 4.78 is 4.54. The van der Waals surface area contributed by atoms with Gasteiger partial charge in [0.1, 0.15) is 6.61 Å². The third kappa shape index (κ3) is 2.40. The summed E-state index contributed by atoms with van der Waals surface area (Å²) in [6.07, 6.45) is 1.53. The van der Waals surface area contributed by atoms with Gasteiger partial charge in [-0.25, -0.2) is 9.69 Å². The van der Waals surface area contributed by atoms with E-state index in [0.29, 0.717) is 0 Å². The Bertz CT molecular complexity index is 282. The van der Waals surface area contributed by atoms with Crippen molar-refractivity contribution in [1.29, 1.82) is 0 Å². The molecule has 0 aromatic heterocycles.